The highest BCUT2D eigenvalue weighted by Gasteiger charge is 2.22. The summed E-state index contributed by atoms with van der Waals surface area (Å²) in [7, 11) is 2.00. The molecule has 2 heteroatoms. The van der Waals surface area contributed by atoms with E-state index >= 15 is 0 Å². The van der Waals surface area contributed by atoms with Crippen LogP contribution in [0.2, 0.25) is 0 Å². The minimum atomic E-state index is -1.41. The quantitative estimate of drug-likeness (QED) is 0.316. The average molecular weight is 383 g/mol. The van der Waals surface area contributed by atoms with E-state index in [0.29, 0.717) is 5.56 Å². The first-order valence-corrected chi connectivity index (χ1v) is 10.1. The number of fused-ring (bicyclic) bond motifs is 5. The van der Waals surface area contributed by atoms with Crippen LogP contribution in [0.1, 0.15) is 27.7 Å². The van der Waals surface area contributed by atoms with E-state index in [0.717, 1.165) is 38.8 Å². The van der Waals surface area contributed by atoms with Crippen LogP contribution in [0.15, 0.2) is 71.3 Å². The van der Waals surface area contributed by atoms with Crippen molar-refractivity contribution in [1.29, 1.82) is 0 Å². The van der Waals surface area contributed by atoms with Crippen LogP contribution in [0.5, 0.6) is 0 Å². The van der Waals surface area contributed by atoms with Gasteiger partial charge >= 0.3 is 0 Å². The van der Waals surface area contributed by atoms with Gasteiger partial charge in [0.2, 0.25) is 5.69 Å². The molecule has 0 N–H and O–H groups in total. The molecule has 0 atom stereocenters. The molecule has 0 bridgehead atoms. The van der Waals surface area contributed by atoms with E-state index in [4.69, 9.17) is 7.16 Å². The normalized spacial score (nSPS) is 13.4. The van der Waals surface area contributed by atoms with Crippen molar-refractivity contribution >= 4 is 32.7 Å². The van der Waals surface area contributed by atoms with Crippen molar-refractivity contribution in [3.63, 3.8) is 0 Å². The summed E-state index contributed by atoms with van der Waals surface area (Å²) in [5.74, 6) is -0.123. The Morgan fingerprint density at radius 2 is 1.83 bits per heavy atom. The fraction of sp³-hybridized carbons (Fsp3) is 0.222. The molecule has 0 saturated heterocycles. The van der Waals surface area contributed by atoms with Crippen molar-refractivity contribution in [3.05, 3.63) is 78.0 Å². The van der Waals surface area contributed by atoms with E-state index in [2.05, 4.69) is 49.4 Å². The third-order valence-corrected chi connectivity index (χ3v) is 5.60. The second kappa shape index (κ2) is 6.73. The van der Waals surface area contributed by atoms with Crippen molar-refractivity contribution < 1.29 is 11.7 Å². The maximum Gasteiger partial charge on any atom is 0.216 e. The number of rotatable bonds is 3. The Morgan fingerprint density at radius 1 is 1.00 bits per heavy atom. The molecule has 2 heterocycles. The number of pyridine rings is 1. The van der Waals surface area contributed by atoms with E-state index < -0.39 is 6.37 Å². The van der Waals surface area contributed by atoms with E-state index in [-0.39, 0.29) is 5.92 Å². The van der Waals surface area contributed by atoms with Crippen LogP contribution in [0.4, 0.5) is 0 Å². The maximum atomic E-state index is 8.58. The summed E-state index contributed by atoms with van der Waals surface area (Å²) in [6.07, 6.45) is 0.538. The van der Waals surface area contributed by atoms with Gasteiger partial charge in [-0.3, -0.25) is 0 Å². The van der Waals surface area contributed by atoms with Gasteiger partial charge in [-0.2, -0.15) is 0 Å². The maximum absolute atomic E-state index is 8.58. The van der Waals surface area contributed by atoms with Crippen LogP contribution in [0, 0.1) is 12.8 Å². The van der Waals surface area contributed by atoms with Gasteiger partial charge in [-0.25, -0.2) is 4.57 Å². The molecule has 29 heavy (non-hydrogen) atoms. The van der Waals surface area contributed by atoms with Crippen LogP contribution < -0.4 is 4.57 Å². The Labute approximate surface area is 174 Å². The lowest BCUT2D eigenvalue weighted by atomic mass is 9.96. The van der Waals surface area contributed by atoms with E-state index in [1.807, 2.05) is 49.9 Å². The lowest BCUT2D eigenvalue weighted by Gasteiger charge is -2.09. The molecule has 0 amide bonds. The molecule has 144 valence electrons. The molecule has 0 saturated carbocycles. The minimum absolute atomic E-state index is 0.123. The van der Waals surface area contributed by atoms with Gasteiger partial charge < -0.3 is 4.42 Å². The van der Waals surface area contributed by atoms with Crippen molar-refractivity contribution in [2.75, 3.05) is 0 Å². The average Bonchev–Trinajstić information content (AvgIpc) is 3.13. The van der Waals surface area contributed by atoms with Gasteiger partial charge in [-0.15, -0.1) is 0 Å². The summed E-state index contributed by atoms with van der Waals surface area (Å²) in [6.45, 7) is 5.93. The number of aromatic nitrogens is 1. The van der Waals surface area contributed by atoms with Gasteiger partial charge in [0, 0.05) is 25.6 Å². The van der Waals surface area contributed by atoms with Gasteiger partial charge in [0.15, 0.2) is 6.20 Å². The fourth-order valence-electron chi connectivity index (χ4n) is 4.27. The molecule has 0 radical (unpaired) electrons. The molecule has 5 aromatic rings. The second-order valence-electron chi connectivity index (χ2n) is 8.11. The van der Waals surface area contributed by atoms with Crippen molar-refractivity contribution in [1.82, 2.24) is 0 Å². The molecule has 3 aromatic carbocycles. The predicted octanol–water partition coefficient (Wildman–Crippen LogP) is 6.74. The molecule has 2 nitrogen and oxygen atoms in total. The number of furan rings is 1. The lowest BCUT2D eigenvalue weighted by molar-refractivity contribution is -0.660. The van der Waals surface area contributed by atoms with Crippen molar-refractivity contribution in [2.45, 2.75) is 27.1 Å². The number of aryl methyl sites for hydroxylation is 2. The Hall–Kier alpha value is -3.13. The van der Waals surface area contributed by atoms with E-state index in [1.54, 1.807) is 0 Å². The highest BCUT2D eigenvalue weighted by molar-refractivity contribution is 6.20. The van der Waals surface area contributed by atoms with Crippen LogP contribution in [0.3, 0.4) is 0 Å². The summed E-state index contributed by atoms with van der Waals surface area (Å²) in [6, 6.07) is 20.7. The predicted molar refractivity (Wildman–Crippen MR) is 121 cm³/mol. The highest BCUT2D eigenvalue weighted by Crippen LogP contribution is 2.40. The topological polar surface area (TPSA) is 17.0 Å². The molecule has 0 spiro atoms. The van der Waals surface area contributed by atoms with Crippen LogP contribution in [-0.2, 0) is 13.4 Å². The first-order valence-electron chi connectivity index (χ1n) is 11.1. The molecule has 0 aliphatic carbocycles. The smallest absolute Gasteiger partial charge is 0.216 e. The number of hydrogen-bond acceptors (Lipinski definition) is 1. The van der Waals surface area contributed by atoms with Crippen molar-refractivity contribution in [3.8, 4) is 11.3 Å². The van der Waals surface area contributed by atoms with E-state index in [1.165, 1.54) is 10.8 Å². The minimum Gasteiger partial charge on any atom is -0.455 e. The van der Waals surface area contributed by atoms with Gasteiger partial charge in [0.25, 0.3) is 0 Å². The third kappa shape index (κ3) is 2.91. The summed E-state index contributed by atoms with van der Waals surface area (Å²) in [5.41, 5.74) is 5.48. The van der Waals surface area contributed by atoms with Gasteiger partial charge in [-0.1, -0.05) is 56.3 Å². The molecule has 0 fully saturated rings. The molecular weight excluding hydrogens is 354 g/mol. The Balaban J connectivity index is 1.86. The van der Waals surface area contributed by atoms with Gasteiger partial charge in [0.1, 0.15) is 18.2 Å². The fourth-order valence-corrected chi connectivity index (χ4v) is 4.27. The summed E-state index contributed by atoms with van der Waals surface area (Å²) >= 11 is 0. The largest absolute Gasteiger partial charge is 0.455 e. The first-order chi connectivity index (χ1) is 14.8. The molecular formula is C27H26NO+. The van der Waals surface area contributed by atoms with Gasteiger partial charge in [-0.05, 0) is 47.2 Å². The van der Waals surface area contributed by atoms with Gasteiger partial charge in [0.05, 0.1) is 5.56 Å². The van der Waals surface area contributed by atoms with Crippen molar-refractivity contribution in [2.24, 2.45) is 13.0 Å². The monoisotopic (exact) mass is 382 g/mol. The number of benzene rings is 3. The van der Waals surface area contributed by atoms with Crippen LogP contribution in [0.25, 0.3) is 44.0 Å². The SMILES string of the molecule is [2H]C([2H])(c1cc[n+](C)c(-c2c(C)ccc3c2oc2ccc4ccccc4c23)c1)C(C)C. The molecule has 0 aliphatic heterocycles. The summed E-state index contributed by atoms with van der Waals surface area (Å²) in [5, 5.41) is 4.59. The Kier molecular flexibility index (Phi) is 3.66. The first kappa shape index (κ1) is 15.8. The molecule has 0 aliphatic rings. The molecule has 5 rings (SSSR count). The Bertz CT molecular complexity index is 1460. The summed E-state index contributed by atoms with van der Waals surface area (Å²) < 4.78 is 25.7. The van der Waals surface area contributed by atoms with Crippen LogP contribution >= 0.6 is 0 Å². The Morgan fingerprint density at radius 3 is 2.66 bits per heavy atom. The number of nitrogens with zero attached hydrogens (tertiary/aromatic N) is 1. The van der Waals surface area contributed by atoms with E-state index in [9.17, 15) is 0 Å². The van der Waals surface area contributed by atoms with Crippen LogP contribution in [-0.4, -0.2) is 0 Å². The molecule has 0 unspecified atom stereocenters. The lowest BCUT2D eigenvalue weighted by Crippen LogP contribution is -2.31. The zero-order valence-electron chi connectivity index (χ0n) is 19.3. The molecule has 2 aromatic heterocycles. The number of hydrogen-bond donors (Lipinski definition) is 0. The highest BCUT2D eigenvalue weighted by atomic mass is 16.3. The zero-order chi connectivity index (χ0) is 21.9. The summed E-state index contributed by atoms with van der Waals surface area (Å²) in [4.78, 5) is 0. The standard InChI is InChI=1S/C27H26NO/c1-17(2)15-19-13-14-28(4)23(16-19)25-18(3)9-11-22-26-21-8-6-5-7-20(21)10-12-24(26)29-27(22)25/h5-14,16-17H,15H2,1-4H3/q+1/i15D2. The second-order valence-corrected chi connectivity index (χ2v) is 8.11. The third-order valence-electron chi connectivity index (χ3n) is 5.60. The zero-order valence-corrected chi connectivity index (χ0v) is 17.3.